The Labute approximate surface area is 88.2 Å². The minimum absolute atomic E-state index is 0.585. The summed E-state index contributed by atoms with van der Waals surface area (Å²) >= 11 is 1.64. The van der Waals surface area contributed by atoms with Gasteiger partial charge in [-0.05, 0) is 24.3 Å². The van der Waals surface area contributed by atoms with Crippen LogP contribution in [0.25, 0.3) is 0 Å². The quantitative estimate of drug-likeness (QED) is 0.557. The summed E-state index contributed by atoms with van der Waals surface area (Å²) in [6.45, 7) is 0. The molecule has 0 saturated carbocycles. The van der Waals surface area contributed by atoms with E-state index in [-0.39, 0.29) is 0 Å². The molecule has 0 aliphatic heterocycles. The summed E-state index contributed by atoms with van der Waals surface area (Å²) in [6.07, 6.45) is 1.46. The van der Waals surface area contributed by atoms with Gasteiger partial charge < -0.3 is 0 Å². The van der Waals surface area contributed by atoms with Gasteiger partial charge in [0.25, 0.3) is 0 Å². The van der Waals surface area contributed by atoms with Crippen LogP contribution in [0, 0.1) is 22.7 Å². The van der Waals surface area contributed by atoms with Crippen LogP contribution in [0.2, 0.25) is 0 Å². The lowest BCUT2D eigenvalue weighted by molar-refractivity contribution is 0.981. The molecule has 70 valence electrons. The van der Waals surface area contributed by atoms with Crippen LogP contribution < -0.4 is 0 Å². The third-order valence-electron chi connectivity index (χ3n) is 1.70. The monoisotopic (exact) mass is 202 g/mol. The number of rotatable bonds is 4. The summed E-state index contributed by atoms with van der Waals surface area (Å²) in [4.78, 5) is 1.01. The second-order valence-corrected chi connectivity index (χ2v) is 3.85. The first-order valence-corrected chi connectivity index (χ1v) is 5.36. The van der Waals surface area contributed by atoms with Gasteiger partial charge in [0.15, 0.2) is 0 Å². The number of hydrogen-bond acceptors (Lipinski definition) is 3. The zero-order valence-electron chi connectivity index (χ0n) is 7.73. The van der Waals surface area contributed by atoms with E-state index < -0.39 is 0 Å². The van der Waals surface area contributed by atoms with Crippen LogP contribution in [0.15, 0.2) is 29.2 Å². The highest BCUT2D eigenvalue weighted by atomic mass is 32.2. The summed E-state index contributed by atoms with van der Waals surface area (Å²) in [7, 11) is 0. The molecule has 0 radical (unpaired) electrons. The first kappa shape index (κ1) is 10.6. The molecule has 0 aliphatic rings. The molecule has 0 atom stereocenters. The largest absolute Gasteiger partial charge is 0.198 e. The molecular formula is C11H10N2S. The van der Waals surface area contributed by atoms with Crippen molar-refractivity contribution in [1.29, 1.82) is 10.5 Å². The number of thioether (sulfide) groups is 1. The van der Waals surface area contributed by atoms with Crippen molar-refractivity contribution in [3.05, 3.63) is 29.8 Å². The van der Waals surface area contributed by atoms with Crippen molar-refractivity contribution in [3.63, 3.8) is 0 Å². The summed E-state index contributed by atoms with van der Waals surface area (Å²) in [5, 5.41) is 17.2. The lowest BCUT2D eigenvalue weighted by Crippen LogP contribution is -1.83. The highest BCUT2D eigenvalue weighted by molar-refractivity contribution is 7.99. The summed E-state index contributed by atoms with van der Waals surface area (Å²) in [5.74, 6) is 0.895. The van der Waals surface area contributed by atoms with E-state index in [2.05, 4.69) is 12.1 Å². The van der Waals surface area contributed by atoms with Crippen LogP contribution in [0.5, 0.6) is 0 Å². The van der Waals surface area contributed by atoms with Gasteiger partial charge in [-0.25, -0.2) is 0 Å². The van der Waals surface area contributed by atoms with Crippen molar-refractivity contribution in [2.45, 2.75) is 17.7 Å². The summed E-state index contributed by atoms with van der Waals surface area (Å²) in [6, 6.07) is 11.8. The van der Waals surface area contributed by atoms with Gasteiger partial charge in [0.2, 0.25) is 0 Å². The third kappa shape index (κ3) is 3.12. The fourth-order valence-electron chi connectivity index (χ4n) is 1.02. The fraction of sp³-hybridized carbons (Fsp3) is 0.273. The zero-order valence-corrected chi connectivity index (χ0v) is 8.55. The van der Waals surface area contributed by atoms with Crippen molar-refractivity contribution in [1.82, 2.24) is 0 Å². The number of unbranched alkanes of at least 4 members (excludes halogenated alkanes) is 1. The molecule has 1 aromatic rings. The molecular weight excluding hydrogens is 192 g/mol. The molecule has 0 heterocycles. The maximum Gasteiger partial charge on any atom is 0.100 e. The Hall–Kier alpha value is -1.45. The van der Waals surface area contributed by atoms with Crippen molar-refractivity contribution < 1.29 is 0 Å². The van der Waals surface area contributed by atoms with E-state index >= 15 is 0 Å². The minimum atomic E-state index is 0.585. The van der Waals surface area contributed by atoms with Gasteiger partial charge >= 0.3 is 0 Å². The highest BCUT2D eigenvalue weighted by Crippen LogP contribution is 2.22. The SMILES string of the molecule is N#CCCCSc1ccccc1C#N. The van der Waals surface area contributed by atoms with Crippen molar-refractivity contribution in [2.75, 3.05) is 5.75 Å². The number of nitriles is 2. The van der Waals surface area contributed by atoms with E-state index in [1.165, 1.54) is 0 Å². The summed E-state index contributed by atoms with van der Waals surface area (Å²) in [5.41, 5.74) is 0.717. The minimum Gasteiger partial charge on any atom is -0.198 e. The van der Waals surface area contributed by atoms with Crippen molar-refractivity contribution >= 4 is 11.8 Å². The lowest BCUT2D eigenvalue weighted by Gasteiger charge is -2.01. The standard InChI is InChI=1S/C11H10N2S/c12-7-3-4-8-14-11-6-2-1-5-10(11)9-13/h1-2,5-6H,3-4,8H2. The first-order chi connectivity index (χ1) is 6.88. The Balaban J connectivity index is 2.51. The van der Waals surface area contributed by atoms with Gasteiger partial charge in [-0.3, -0.25) is 0 Å². The molecule has 0 aromatic heterocycles. The molecule has 3 heteroatoms. The van der Waals surface area contributed by atoms with E-state index in [0.29, 0.717) is 6.42 Å². The van der Waals surface area contributed by atoms with E-state index in [1.807, 2.05) is 24.3 Å². The van der Waals surface area contributed by atoms with E-state index in [0.717, 1.165) is 22.6 Å². The lowest BCUT2D eigenvalue weighted by atomic mass is 10.2. The van der Waals surface area contributed by atoms with Gasteiger partial charge in [-0.2, -0.15) is 10.5 Å². The fourth-order valence-corrected chi connectivity index (χ4v) is 1.97. The molecule has 1 aromatic carbocycles. The Morgan fingerprint density at radius 3 is 2.71 bits per heavy atom. The molecule has 0 aliphatic carbocycles. The second-order valence-electron chi connectivity index (χ2n) is 2.72. The Morgan fingerprint density at radius 1 is 1.21 bits per heavy atom. The molecule has 0 amide bonds. The van der Waals surface area contributed by atoms with Crippen LogP contribution in [0.1, 0.15) is 18.4 Å². The molecule has 0 fully saturated rings. The topological polar surface area (TPSA) is 47.6 Å². The van der Waals surface area contributed by atoms with Gasteiger partial charge in [0.05, 0.1) is 11.6 Å². The molecule has 2 nitrogen and oxygen atoms in total. The Kier molecular flexibility index (Phi) is 4.61. The maximum atomic E-state index is 8.81. The molecule has 0 saturated heterocycles. The molecule has 14 heavy (non-hydrogen) atoms. The van der Waals surface area contributed by atoms with Crippen LogP contribution in [0.3, 0.4) is 0 Å². The zero-order chi connectivity index (χ0) is 10.2. The Morgan fingerprint density at radius 2 is 2.00 bits per heavy atom. The third-order valence-corrected chi connectivity index (χ3v) is 2.86. The number of nitrogens with zero attached hydrogens (tertiary/aromatic N) is 2. The maximum absolute atomic E-state index is 8.81. The number of benzene rings is 1. The first-order valence-electron chi connectivity index (χ1n) is 4.37. The van der Waals surface area contributed by atoms with Crippen LogP contribution in [-0.2, 0) is 0 Å². The summed E-state index contributed by atoms with van der Waals surface area (Å²) < 4.78 is 0. The van der Waals surface area contributed by atoms with Crippen molar-refractivity contribution in [3.8, 4) is 12.1 Å². The molecule has 0 bridgehead atoms. The average molecular weight is 202 g/mol. The van der Waals surface area contributed by atoms with Crippen LogP contribution >= 0.6 is 11.8 Å². The van der Waals surface area contributed by atoms with Crippen LogP contribution in [0.4, 0.5) is 0 Å². The Bertz CT molecular complexity index is 374. The molecule has 0 spiro atoms. The highest BCUT2D eigenvalue weighted by Gasteiger charge is 2.00. The normalized spacial score (nSPS) is 9.00. The van der Waals surface area contributed by atoms with Crippen molar-refractivity contribution in [2.24, 2.45) is 0 Å². The van der Waals surface area contributed by atoms with Gasteiger partial charge in [0.1, 0.15) is 6.07 Å². The van der Waals surface area contributed by atoms with E-state index in [4.69, 9.17) is 10.5 Å². The second kappa shape index (κ2) is 6.07. The van der Waals surface area contributed by atoms with E-state index in [9.17, 15) is 0 Å². The van der Waals surface area contributed by atoms with Crippen LogP contribution in [-0.4, -0.2) is 5.75 Å². The van der Waals surface area contributed by atoms with Gasteiger partial charge in [0, 0.05) is 11.3 Å². The van der Waals surface area contributed by atoms with E-state index in [1.54, 1.807) is 11.8 Å². The molecule has 0 unspecified atom stereocenters. The predicted molar refractivity (Wildman–Crippen MR) is 56.7 cm³/mol. The smallest absolute Gasteiger partial charge is 0.100 e. The number of hydrogen-bond donors (Lipinski definition) is 0. The molecule has 0 N–H and O–H groups in total. The predicted octanol–water partition coefficient (Wildman–Crippen LogP) is 2.95. The molecule has 1 rings (SSSR count). The average Bonchev–Trinajstić information content (AvgIpc) is 2.25. The van der Waals surface area contributed by atoms with Gasteiger partial charge in [-0.1, -0.05) is 12.1 Å². The van der Waals surface area contributed by atoms with Gasteiger partial charge in [-0.15, -0.1) is 11.8 Å².